The molecule has 5 rings (SSSR count). The lowest BCUT2D eigenvalue weighted by molar-refractivity contribution is 0.549. The number of aromatic nitrogens is 3. The molecule has 6 nitrogen and oxygen atoms in total. The molecule has 31 heavy (non-hydrogen) atoms. The number of hydrogen-bond acceptors (Lipinski definition) is 6. The van der Waals surface area contributed by atoms with Crippen molar-refractivity contribution >= 4 is 44.5 Å². The summed E-state index contributed by atoms with van der Waals surface area (Å²) in [6.07, 6.45) is 1.68. The number of halogens is 1. The summed E-state index contributed by atoms with van der Waals surface area (Å²) in [5.74, 6) is 0. The first-order chi connectivity index (χ1) is 15.0. The Morgan fingerprint density at radius 2 is 1.87 bits per heavy atom. The van der Waals surface area contributed by atoms with Gasteiger partial charge in [0.25, 0.3) is 5.56 Å². The molecular weight excluding hydrogens is 430 g/mol. The van der Waals surface area contributed by atoms with Gasteiger partial charge in [-0.05, 0) is 38.1 Å². The monoisotopic (exact) mass is 451 g/mol. The van der Waals surface area contributed by atoms with Gasteiger partial charge in [0.2, 0.25) is 5.13 Å². The maximum absolute atomic E-state index is 13.0. The van der Waals surface area contributed by atoms with Crippen LogP contribution in [0, 0.1) is 6.92 Å². The molecule has 1 fully saturated rings. The van der Waals surface area contributed by atoms with Crippen LogP contribution in [0.5, 0.6) is 0 Å². The number of thiazole rings is 1. The van der Waals surface area contributed by atoms with Crippen molar-refractivity contribution in [2.75, 3.05) is 29.4 Å². The van der Waals surface area contributed by atoms with Gasteiger partial charge < -0.3 is 9.80 Å². The van der Waals surface area contributed by atoms with Crippen LogP contribution in [0.1, 0.15) is 12.5 Å². The van der Waals surface area contributed by atoms with Gasteiger partial charge in [0.15, 0.2) is 0 Å². The third-order valence-corrected chi connectivity index (χ3v) is 7.07. The highest BCUT2D eigenvalue weighted by Crippen LogP contribution is 2.28. The summed E-state index contributed by atoms with van der Waals surface area (Å²) >= 11 is 7.97. The second-order valence-electron chi connectivity index (χ2n) is 7.85. The van der Waals surface area contributed by atoms with Gasteiger partial charge in [-0.25, -0.2) is 4.98 Å². The van der Waals surface area contributed by atoms with Crippen molar-refractivity contribution < 1.29 is 0 Å². The quantitative estimate of drug-likeness (QED) is 0.458. The molecule has 0 amide bonds. The summed E-state index contributed by atoms with van der Waals surface area (Å²) in [4.78, 5) is 22.1. The zero-order chi connectivity index (χ0) is 21.5. The highest BCUT2D eigenvalue weighted by molar-refractivity contribution is 7.20. The van der Waals surface area contributed by atoms with Crippen molar-refractivity contribution in [3.63, 3.8) is 0 Å². The minimum Gasteiger partial charge on any atom is -0.365 e. The SMILES string of the molecule is Cc1ccc(N2CCN(c3cnn(-c4nc5ccccc5s4)c(=O)c3Cl)C[C@@H]2C)cc1. The fourth-order valence-electron chi connectivity index (χ4n) is 4.03. The number of para-hydroxylation sites is 1. The normalized spacial score (nSPS) is 16.8. The molecule has 0 N–H and O–H groups in total. The van der Waals surface area contributed by atoms with Crippen molar-refractivity contribution in [3.8, 4) is 5.13 Å². The maximum Gasteiger partial charge on any atom is 0.294 e. The Morgan fingerprint density at radius 3 is 2.61 bits per heavy atom. The van der Waals surface area contributed by atoms with Crippen molar-refractivity contribution in [1.82, 2.24) is 14.8 Å². The molecule has 4 aromatic rings. The highest BCUT2D eigenvalue weighted by atomic mass is 35.5. The Hall–Kier alpha value is -2.90. The van der Waals surface area contributed by atoms with Crippen LogP contribution >= 0.6 is 22.9 Å². The van der Waals surface area contributed by atoms with Crippen molar-refractivity contribution in [2.45, 2.75) is 19.9 Å². The number of hydrogen-bond donors (Lipinski definition) is 0. The van der Waals surface area contributed by atoms with E-state index in [2.05, 4.69) is 58.0 Å². The van der Waals surface area contributed by atoms with E-state index in [4.69, 9.17) is 11.6 Å². The van der Waals surface area contributed by atoms with E-state index in [1.165, 1.54) is 27.3 Å². The molecular formula is C23H22ClN5OS. The van der Waals surface area contributed by atoms with Gasteiger partial charge in [0, 0.05) is 31.4 Å². The zero-order valence-electron chi connectivity index (χ0n) is 17.3. The van der Waals surface area contributed by atoms with E-state index in [1.807, 2.05) is 24.3 Å². The van der Waals surface area contributed by atoms with E-state index < -0.39 is 0 Å². The average molecular weight is 452 g/mol. The average Bonchev–Trinajstić information content (AvgIpc) is 3.20. The first-order valence-electron chi connectivity index (χ1n) is 10.2. The van der Waals surface area contributed by atoms with Gasteiger partial charge in [0.1, 0.15) is 5.02 Å². The van der Waals surface area contributed by atoms with Crippen LogP contribution in [0.2, 0.25) is 5.02 Å². The van der Waals surface area contributed by atoms with Gasteiger partial charge >= 0.3 is 0 Å². The number of aryl methyl sites for hydroxylation is 1. The Balaban J connectivity index is 1.40. The molecule has 0 spiro atoms. The number of piperazine rings is 1. The Bertz CT molecular complexity index is 1270. The smallest absolute Gasteiger partial charge is 0.294 e. The summed E-state index contributed by atoms with van der Waals surface area (Å²) < 4.78 is 2.30. The molecule has 2 aromatic carbocycles. The summed E-state index contributed by atoms with van der Waals surface area (Å²) in [5.41, 5.74) is 3.65. The second-order valence-corrected chi connectivity index (χ2v) is 9.24. The van der Waals surface area contributed by atoms with E-state index in [0.717, 1.165) is 29.9 Å². The van der Waals surface area contributed by atoms with Crippen LogP contribution in [-0.4, -0.2) is 40.4 Å². The van der Waals surface area contributed by atoms with Crippen molar-refractivity contribution in [1.29, 1.82) is 0 Å². The standard InChI is InChI=1S/C23H22ClN5OS/c1-15-7-9-17(10-8-15)28-12-11-27(14-16(28)2)19-13-25-29(22(30)21(19)24)23-26-18-5-3-4-6-20(18)31-23/h3-10,13,16H,11-12,14H2,1-2H3/t16-/m0/s1. The lowest BCUT2D eigenvalue weighted by atomic mass is 10.1. The molecule has 2 aromatic heterocycles. The molecule has 0 saturated carbocycles. The lowest BCUT2D eigenvalue weighted by Gasteiger charge is -2.42. The zero-order valence-corrected chi connectivity index (χ0v) is 18.9. The molecule has 158 valence electrons. The number of anilines is 2. The van der Waals surface area contributed by atoms with Crippen molar-refractivity contribution in [3.05, 3.63) is 75.7 Å². The Labute approximate surface area is 189 Å². The predicted octanol–water partition coefficient (Wildman–Crippen LogP) is 4.52. The number of nitrogens with zero attached hydrogens (tertiary/aromatic N) is 5. The summed E-state index contributed by atoms with van der Waals surface area (Å²) in [6.45, 7) is 6.66. The van der Waals surface area contributed by atoms with E-state index in [9.17, 15) is 4.79 Å². The summed E-state index contributed by atoms with van der Waals surface area (Å²) in [7, 11) is 0. The minimum atomic E-state index is -0.341. The molecule has 1 aliphatic rings. The van der Waals surface area contributed by atoms with Crippen LogP contribution in [0.4, 0.5) is 11.4 Å². The van der Waals surface area contributed by atoms with Crippen LogP contribution in [0.3, 0.4) is 0 Å². The molecule has 0 radical (unpaired) electrons. The van der Waals surface area contributed by atoms with Crippen molar-refractivity contribution in [2.24, 2.45) is 0 Å². The topological polar surface area (TPSA) is 54.3 Å². The maximum atomic E-state index is 13.0. The summed E-state index contributed by atoms with van der Waals surface area (Å²) in [6, 6.07) is 16.7. The third-order valence-electron chi connectivity index (χ3n) is 5.70. The minimum absolute atomic E-state index is 0.185. The van der Waals surface area contributed by atoms with Gasteiger partial charge in [-0.15, -0.1) is 0 Å². The van der Waals surface area contributed by atoms with E-state index >= 15 is 0 Å². The molecule has 1 atom stereocenters. The Morgan fingerprint density at radius 1 is 1.10 bits per heavy atom. The van der Waals surface area contributed by atoms with Crippen LogP contribution in [-0.2, 0) is 0 Å². The Kier molecular flexibility index (Phi) is 5.16. The van der Waals surface area contributed by atoms with Crippen LogP contribution < -0.4 is 15.4 Å². The predicted molar refractivity (Wildman–Crippen MR) is 128 cm³/mol. The van der Waals surface area contributed by atoms with Gasteiger partial charge in [-0.1, -0.05) is 52.8 Å². The van der Waals surface area contributed by atoms with E-state index in [1.54, 1.807) is 6.20 Å². The van der Waals surface area contributed by atoms with Gasteiger partial charge in [0.05, 0.1) is 22.1 Å². The van der Waals surface area contributed by atoms with Gasteiger partial charge in [-0.2, -0.15) is 9.78 Å². The largest absolute Gasteiger partial charge is 0.365 e. The number of rotatable bonds is 3. The fourth-order valence-corrected chi connectivity index (χ4v) is 5.20. The molecule has 0 aliphatic carbocycles. The third kappa shape index (κ3) is 3.68. The molecule has 8 heteroatoms. The number of benzene rings is 2. The van der Waals surface area contributed by atoms with E-state index in [0.29, 0.717) is 10.8 Å². The van der Waals surface area contributed by atoms with Crippen LogP contribution in [0.15, 0.2) is 59.5 Å². The highest BCUT2D eigenvalue weighted by Gasteiger charge is 2.27. The first-order valence-corrected chi connectivity index (χ1v) is 11.4. The van der Waals surface area contributed by atoms with Crippen LogP contribution in [0.25, 0.3) is 15.3 Å². The fraction of sp³-hybridized carbons (Fsp3) is 0.261. The molecule has 0 bridgehead atoms. The lowest BCUT2D eigenvalue weighted by Crippen LogP contribution is -2.52. The summed E-state index contributed by atoms with van der Waals surface area (Å²) in [5, 5.41) is 5.11. The molecule has 1 aliphatic heterocycles. The molecule has 3 heterocycles. The first kappa shape index (κ1) is 20.0. The second kappa shape index (κ2) is 7.98. The number of fused-ring (bicyclic) bond motifs is 1. The van der Waals surface area contributed by atoms with Gasteiger partial charge in [-0.3, -0.25) is 4.79 Å². The molecule has 0 unspecified atom stereocenters. The molecule has 1 saturated heterocycles. The van der Waals surface area contributed by atoms with E-state index in [-0.39, 0.29) is 16.6 Å².